The second-order valence-corrected chi connectivity index (χ2v) is 11.2. The molecule has 1 atom stereocenters. The summed E-state index contributed by atoms with van der Waals surface area (Å²) >= 11 is 20.7. The Bertz CT molecular complexity index is 1580. The van der Waals surface area contributed by atoms with Gasteiger partial charge in [0, 0.05) is 37.8 Å². The van der Waals surface area contributed by atoms with Gasteiger partial charge in [-0.15, -0.1) is 5.10 Å². The Hall–Kier alpha value is -2.97. The lowest BCUT2D eigenvalue weighted by molar-refractivity contribution is -0.113. The number of nitrogens with one attached hydrogen (secondary N) is 2. The molecule has 2 N–H and O–H groups in total. The molecule has 3 aromatic carbocycles. The zero-order valence-corrected chi connectivity index (χ0v) is 23.9. The van der Waals surface area contributed by atoms with Crippen LogP contribution in [-0.2, 0) is 10.5 Å². The van der Waals surface area contributed by atoms with E-state index in [0.717, 1.165) is 22.4 Å². The molecule has 5 rings (SSSR count). The van der Waals surface area contributed by atoms with Crippen LogP contribution in [0, 0.1) is 13.8 Å². The molecule has 6 nitrogen and oxygen atoms in total. The van der Waals surface area contributed by atoms with E-state index in [1.165, 1.54) is 11.8 Å². The van der Waals surface area contributed by atoms with E-state index >= 15 is 0 Å². The molecule has 0 radical (unpaired) electrons. The van der Waals surface area contributed by atoms with Gasteiger partial charge in [0.25, 0.3) is 5.91 Å². The average Bonchev–Trinajstić information content (AvgIpc) is 3.27. The van der Waals surface area contributed by atoms with Crippen LogP contribution in [-0.4, -0.2) is 20.7 Å². The number of anilines is 2. The van der Waals surface area contributed by atoms with Crippen molar-refractivity contribution in [1.82, 2.24) is 14.8 Å². The summed E-state index contributed by atoms with van der Waals surface area (Å²) < 4.78 is 1.70. The van der Waals surface area contributed by atoms with Crippen LogP contribution in [0.5, 0.6) is 0 Å². The van der Waals surface area contributed by atoms with Crippen LogP contribution >= 0.6 is 46.6 Å². The number of halogens is 3. The Morgan fingerprint density at radius 1 is 1.03 bits per heavy atom. The minimum atomic E-state index is -0.621. The molecule has 0 bridgehead atoms. The predicted molar refractivity (Wildman–Crippen MR) is 157 cm³/mol. The minimum absolute atomic E-state index is 0.260. The lowest BCUT2D eigenvalue weighted by Crippen LogP contribution is -2.31. The highest BCUT2D eigenvalue weighted by molar-refractivity contribution is 7.98. The van der Waals surface area contributed by atoms with Gasteiger partial charge in [0.15, 0.2) is 0 Å². The van der Waals surface area contributed by atoms with Gasteiger partial charge in [0.2, 0.25) is 11.1 Å². The monoisotopic (exact) mass is 583 g/mol. The maximum absolute atomic E-state index is 13.8. The van der Waals surface area contributed by atoms with Gasteiger partial charge in [0.05, 0.1) is 5.57 Å². The van der Waals surface area contributed by atoms with Crippen LogP contribution < -0.4 is 10.6 Å². The summed E-state index contributed by atoms with van der Waals surface area (Å²) in [5.74, 6) is 0.856. The van der Waals surface area contributed by atoms with Crippen LogP contribution in [0.25, 0.3) is 0 Å². The minimum Gasteiger partial charge on any atom is -0.328 e. The van der Waals surface area contributed by atoms with Crippen molar-refractivity contribution < 1.29 is 4.79 Å². The first kappa shape index (κ1) is 26.6. The van der Waals surface area contributed by atoms with Crippen LogP contribution in [0.2, 0.25) is 15.1 Å². The van der Waals surface area contributed by atoms with Crippen molar-refractivity contribution in [3.05, 3.63) is 109 Å². The molecule has 1 aliphatic rings. The number of thioether (sulfide) groups is 1. The van der Waals surface area contributed by atoms with E-state index in [1.54, 1.807) is 16.8 Å². The normalized spacial score (nSPS) is 14.7. The fraction of sp³-hybridized carbons (Fsp3) is 0.179. The van der Waals surface area contributed by atoms with Gasteiger partial charge >= 0.3 is 0 Å². The molecule has 10 heteroatoms. The molecule has 1 aromatic heterocycles. The largest absolute Gasteiger partial charge is 0.328 e. The number of fused-ring (bicyclic) bond motifs is 1. The molecule has 4 aromatic rings. The van der Waals surface area contributed by atoms with Gasteiger partial charge in [0.1, 0.15) is 6.04 Å². The highest BCUT2D eigenvalue weighted by Crippen LogP contribution is 2.40. The molecule has 0 saturated carbocycles. The maximum atomic E-state index is 13.8. The fourth-order valence-electron chi connectivity index (χ4n) is 4.40. The summed E-state index contributed by atoms with van der Waals surface area (Å²) in [7, 11) is 0. The number of hydrogen-bond acceptors (Lipinski definition) is 5. The zero-order valence-electron chi connectivity index (χ0n) is 20.8. The number of nitrogens with zero attached hydrogens (tertiary/aromatic N) is 3. The fourth-order valence-corrected chi connectivity index (χ4v) is 6.03. The average molecular weight is 585 g/mol. The van der Waals surface area contributed by atoms with Crippen molar-refractivity contribution in [2.45, 2.75) is 37.7 Å². The number of amides is 1. The second kappa shape index (κ2) is 11.0. The van der Waals surface area contributed by atoms with Gasteiger partial charge in [-0.05, 0) is 56.2 Å². The van der Waals surface area contributed by atoms with E-state index in [-0.39, 0.29) is 5.91 Å². The molecule has 1 amide bonds. The first-order chi connectivity index (χ1) is 18.2. The lowest BCUT2D eigenvalue weighted by Gasteiger charge is -2.29. The van der Waals surface area contributed by atoms with E-state index in [9.17, 15) is 4.79 Å². The van der Waals surface area contributed by atoms with Crippen molar-refractivity contribution in [2.24, 2.45) is 0 Å². The molecule has 1 aliphatic heterocycles. The van der Waals surface area contributed by atoms with Crippen LogP contribution in [0.4, 0.5) is 11.6 Å². The third-order valence-corrected chi connectivity index (χ3v) is 8.10. The topological polar surface area (TPSA) is 71.8 Å². The van der Waals surface area contributed by atoms with Gasteiger partial charge in [-0.2, -0.15) is 4.98 Å². The molecular formula is C28H24Cl3N5OS. The summed E-state index contributed by atoms with van der Waals surface area (Å²) in [6.45, 7) is 5.83. The summed E-state index contributed by atoms with van der Waals surface area (Å²) in [4.78, 5) is 18.5. The molecule has 0 fully saturated rings. The molecule has 0 saturated heterocycles. The molecule has 0 spiro atoms. The van der Waals surface area contributed by atoms with Gasteiger partial charge in [-0.1, -0.05) is 88.5 Å². The number of carbonyl (C=O) groups excluding carboxylic acids is 1. The Labute approximate surface area is 240 Å². The third-order valence-electron chi connectivity index (χ3n) is 6.28. The first-order valence-corrected chi connectivity index (χ1v) is 14.0. The van der Waals surface area contributed by atoms with Crippen LogP contribution in [0.15, 0.2) is 77.1 Å². The number of benzene rings is 3. The Kier molecular flexibility index (Phi) is 7.73. The summed E-state index contributed by atoms with van der Waals surface area (Å²) in [5.41, 5.74) is 5.65. The van der Waals surface area contributed by atoms with Crippen molar-refractivity contribution in [3.8, 4) is 0 Å². The molecule has 0 aliphatic carbocycles. The van der Waals surface area contributed by atoms with Crippen LogP contribution in [0.1, 0.15) is 35.2 Å². The second-order valence-electron chi connectivity index (χ2n) is 9.05. The summed E-state index contributed by atoms with van der Waals surface area (Å²) in [6, 6.07) is 18.2. The van der Waals surface area contributed by atoms with E-state index < -0.39 is 6.04 Å². The quantitative estimate of drug-likeness (QED) is 0.224. The van der Waals surface area contributed by atoms with Crippen molar-refractivity contribution in [1.29, 1.82) is 0 Å². The molecular weight excluding hydrogens is 561 g/mol. The van der Waals surface area contributed by atoms with Crippen molar-refractivity contribution in [2.75, 3.05) is 10.6 Å². The van der Waals surface area contributed by atoms with Crippen molar-refractivity contribution in [3.63, 3.8) is 0 Å². The van der Waals surface area contributed by atoms with Gasteiger partial charge < -0.3 is 10.6 Å². The lowest BCUT2D eigenvalue weighted by atomic mass is 9.94. The van der Waals surface area contributed by atoms with E-state index in [1.807, 2.05) is 69.3 Å². The number of allylic oxidation sites excluding steroid dienone is 1. The summed E-state index contributed by atoms with van der Waals surface area (Å²) in [5, 5.41) is 13.3. The SMILES string of the molecule is CC1=C(C(=O)Nc2ccc(C)cc2C)C(c2ccc(Cl)cc2Cl)n2nc(SCc3ccccc3Cl)nc2N1. The molecule has 38 heavy (non-hydrogen) atoms. The van der Waals surface area contributed by atoms with E-state index in [2.05, 4.69) is 10.6 Å². The number of hydrogen-bond donors (Lipinski definition) is 2. The third kappa shape index (κ3) is 5.43. The zero-order chi connectivity index (χ0) is 27.0. The maximum Gasteiger partial charge on any atom is 0.255 e. The highest BCUT2D eigenvalue weighted by Gasteiger charge is 2.35. The molecule has 2 heterocycles. The molecule has 194 valence electrons. The van der Waals surface area contributed by atoms with Gasteiger partial charge in [-0.3, -0.25) is 4.79 Å². The summed E-state index contributed by atoms with van der Waals surface area (Å²) in [6.07, 6.45) is 0. The molecule has 1 unspecified atom stereocenters. The standard InChI is InChI=1S/C28H24Cl3N5OS/c1-15-8-11-23(16(2)12-15)33-26(37)24-17(3)32-27-34-28(38-14-18-6-4-5-7-21(18)30)35-36(27)25(24)20-10-9-19(29)13-22(20)31/h4-13,25H,14H2,1-3H3,(H,33,37)(H,32,34,35). The van der Waals surface area contributed by atoms with Crippen LogP contribution in [0.3, 0.4) is 0 Å². The number of aryl methyl sites for hydroxylation is 2. The number of rotatable bonds is 6. The predicted octanol–water partition coefficient (Wildman–Crippen LogP) is 8.08. The Balaban J connectivity index is 1.53. The van der Waals surface area contributed by atoms with Crippen molar-refractivity contribution >= 4 is 64.1 Å². The number of aromatic nitrogens is 3. The Morgan fingerprint density at radius 3 is 2.55 bits per heavy atom. The van der Waals surface area contributed by atoms with E-state index in [0.29, 0.717) is 48.8 Å². The highest BCUT2D eigenvalue weighted by atomic mass is 35.5. The Morgan fingerprint density at radius 2 is 1.82 bits per heavy atom. The number of carbonyl (C=O) groups is 1. The smallest absolute Gasteiger partial charge is 0.255 e. The first-order valence-electron chi connectivity index (χ1n) is 11.9. The van der Waals surface area contributed by atoms with E-state index in [4.69, 9.17) is 44.9 Å². The van der Waals surface area contributed by atoms with Gasteiger partial charge in [-0.25, -0.2) is 4.68 Å².